The zero-order chi connectivity index (χ0) is 9.80. The monoisotopic (exact) mass is 184 g/mol. The van der Waals surface area contributed by atoms with Crippen molar-refractivity contribution in [2.24, 2.45) is 0 Å². The van der Waals surface area contributed by atoms with Crippen LogP contribution in [0.1, 0.15) is 12.5 Å². The van der Waals surface area contributed by atoms with Crippen molar-refractivity contribution < 1.29 is 0 Å². The van der Waals surface area contributed by atoms with Crippen molar-refractivity contribution in [2.45, 2.75) is 6.92 Å². The molecule has 0 saturated carbocycles. The molecular formula is C12H12N2. The lowest BCUT2D eigenvalue weighted by atomic mass is 10.3. The Hall–Kier alpha value is -1.83. The second-order valence-corrected chi connectivity index (χ2v) is 3.05. The SMILES string of the molecule is CC=Cc1cnn(-c2ccccc2)c1. The molecule has 2 nitrogen and oxygen atoms in total. The van der Waals surface area contributed by atoms with Crippen molar-refractivity contribution in [2.75, 3.05) is 0 Å². The molecule has 2 aromatic rings. The summed E-state index contributed by atoms with van der Waals surface area (Å²) >= 11 is 0. The normalized spacial score (nSPS) is 10.9. The van der Waals surface area contributed by atoms with Crippen LogP contribution < -0.4 is 0 Å². The summed E-state index contributed by atoms with van der Waals surface area (Å²) in [5.41, 5.74) is 2.21. The minimum Gasteiger partial charge on any atom is -0.240 e. The molecule has 0 saturated heterocycles. The summed E-state index contributed by atoms with van der Waals surface area (Å²) in [7, 11) is 0. The van der Waals surface area contributed by atoms with E-state index in [1.165, 1.54) is 0 Å². The molecule has 70 valence electrons. The Morgan fingerprint density at radius 2 is 2.00 bits per heavy atom. The fraction of sp³-hybridized carbons (Fsp3) is 0.0833. The molecule has 1 aromatic carbocycles. The van der Waals surface area contributed by atoms with E-state index in [0.717, 1.165) is 11.3 Å². The molecule has 0 aliphatic rings. The van der Waals surface area contributed by atoms with Gasteiger partial charge in [0.05, 0.1) is 11.9 Å². The lowest BCUT2D eigenvalue weighted by Crippen LogP contribution is -1.92. The van der Waals surface area contributed by atoms with Crippen molar-refractivity contribution in [3.8, 4) is 5.69 Å². The fourth-order valence-electron chi connectivity index (χ4n) is 1.34. The van der Waals surface area contributed by atoms with Crippen LogP contribution in [0.2, 0.25) is 0 Å². The van der Waals surface area contributed by atoms with Gasteiger partial charge in [0.25, 0.3) is 0 Å². The van der Waals surface area contributed by atoms with E-state index in [4.69, 9.17) is 0 Å². The second-order valence-electron chi connectivity index (χ2n) is 3.05. The number of rotatable bonds is 2. The lowest BCUT2D eigenvalue weighted by molar-refractivity contribution is 0.880. The molecule has 0 unspecified atom stereocenters. The first-order valence-corrected chi connectivity index (χ1v) is 4.63. The van der Waals surface area contributed by atoms with Crippen molar-refractivity contribution in [3.05, 3.63) is 54.4 Å². The fourth-order valence-corrected chi connectivity index (χ4v) is 1.34. The molecule has 0 bridgehead atoms. The van der Waals surface area contributed by atoms with E-state index in [2.05, 4.69) is 5.10 Å². The summed E-state index contributed by atoms with van der Waals surface area (Å²) < 4.78 is 1.87. The van der Waals surface area contributed by atoms with Gasteiger partial charge in [0.2, 0.25) is 0 Å². The lowest BCUT2D eigenvalue weighted by Gasteiger charge is -1.98. The Bertz CT molecular complexity index is 427. The van der Waals surface area contributed by atoms with Gasteiger partial charge in [-0.1, -0.05) is 30.4 Å². The van der Waals surface area contributed by atoms with E-state index in [0.29, 0.717) is 0 Å². The molecule has 0 aliphatic carbocycles. The molecule has 2 rings (SSSR count). The summed E-state index contributed by atoms with van der Waals surface area (Å²) in [6, 6.07) is 10.1. The molecule has 1 heterocycles. The quantitative estimate of drug-likeness (QED) is 0.701. The summed E-state index contributed by atoms with van der Waals surface area (Å²) in [4.78, 5) is 0. The minimum absolute atomic E-state index is 1.09. The van der Waals surface area contributed by atoms with Gasteiger partial charge in [-0.2, -0.15) is 5.10 Å². The molecule has 0 atom stereocenters. The summed E-state index contributed by atoms with van der Waals surface area (Å²) in [5, 5.41) is 4.27. The van der Waals surface area contributed by atoms with Crippen molar-refractivity contribution >= 4 is 6.08 Å². The van der Waals surface area contributed by atoms with Crippen molar-refractivity contribution in [1.29, 1.82) is 0 Å². The van der Waals surface area contributed by atoms with Gasteiger partial charge < -0.3 is 0 Å². The number of hydrogen-bond acceptors (Lipinski definition) is 1. The third-order valence-electron chi connectivity index (χ3n) is 1.98. The maximum atomic E-state index is 4.27. The molecule has 0 spiro atoms. The Balaban J connectivity index is 2.34. The topological polar surface area (TPSA) is 17.8 Å². The predicted molar refractivity (Wildman–Crippen MR) is 58.3 cm³/mol. The third-order valence-corrected chi connectivity index (χ3v) is 1.98. The van der Waals surface area contributed by atoms with Gasteiger partial charge in [-0.15, -0.1) is 0 Å². The van der Waals surface area contributed by atoms with E-state index in [1.807, 2.05) is 66.5 Å². The summed E-state index contributed by atoms with van der Waals surface area (Å²) in [6.45, 7) is 2.00. The molecule has 0 N–H and O–H groups in total. The number of para-hydroxylation sites is 1. The Morgan fingerprint density at radius 3 is 2.71 bits per heavy atom. The number of allylic oxidation sites excluding steroid dienone is 1. The average Bonchev–Trinajstić information content (AvgIpc) is 2.68. The van der Waals surface area contributed by atoms with Gasteiger partial charge in [-0.25, -0.2) is 4.68 Å². The van der Waals surface area contributed by atoms with Gasteiger partial charge in [0, 0.05) is 11.8 Å². The highest BCUT2D eigenvalue weighted by molar-refractivity contribution is 5.47. The van der Waals surface area contributed by atoms with Gasteiger partial charge >= 0.3 is 0 Å². The van der Waals surface area contributed by atoms with Crippen molar-refractivity contribution in [1.82, 2.24) is 9.78 Å². The van der Waals surface area contributed by atoms with E-state index < -0.39 is 0 Å². The molecular weight excluding hydrogens is 172 g/mol. The maximum Gasteiger partial charge on any atom is 0.0645 e. The van der Waals surface area contributed by atoms with E-state index in [-0.39, 0.29) is 0 Å². The number of hydrogen-bond donors (Lipinski definition) is 0. The highest BCUT2D eigenvalue weighted by Crippen LogP contribution is 2.08. The number of nitrogens with zero attached hydrogens (tertiary/aromatic N) is 2. The van der Waals surface area contributed by atoms with E-state index in [9.17, 15) is 0 Å². The number of benzene rings is 1. The second kappa shape index (κ2) is 3.92. The van der Waals surface area contributed by atoms with Crippen LogP contribution in [0.5, 0.6) is 0 Å². The number of aromatic nitrogens is 2. The van der Waals surface area contributed by atoms with Crippen LogP contribution in [0.4, 0.5) is 0 Å². The van der Waals surface area contributed by atoms with E-state index >= 15 is 0 Å². The van der Waals surface area contributed by atoms with Crippen LogP contribution in [-0.2, 0) is 0 Å². The Morgan fingerprint density at radius 1 is 1.21 bits per heavy atom. The zero-order valence-corrected chi connectivity index (χ0v) is 8.09. The van der Waals surface area contributed by atoms with Crippen LogP contribution in [-0.4, -0.2) is 9.78 Å². The standard InChI is InChI=1S/C12H12N2/c1-2-6-11-9-13-14(10-11)12-7-4-3-5-8-12/h2-10H,1H3. The van der Waals surface area contributed by atoms with Crippen LogP contribution in [0.3, 0.4) is 0 Å². The molecule has 0 aliphatic heterocycles. The van der Waals surface area contributed by atoms with Crippen LogP contribution in [0.15, 0.2) is 48.8 Å². The first-order valence-electron chi connectivity index (χ1n) is 4.63. The van der Waals surface area contributed by atoms with Crippen LogP contribution in [0.25, 0.3) is 11.8 Å². The van der Waals surface area contributed by atoms with Gasteiger partial charge in [-0.05, 0) is 19.1 Å². The molecule has 0 radical (unpaired) electrons. The molecule has 14 heavy (non-hydrogen) atoms. The largest absolute Gasteiger partial charge is 0.240 e. The van der Waals surface area contributed by atoms with E-state index in [1.54, 1.807) is 0 Å². The molecule has 2 heteroatoms. The van der Waals surface area contributed by atoms with Gasteiger partial charge in [0.1, 0.15) is 0 Å². The van der Waals surface area contributed by atoms with Gasteiger partial charge in [0.15, 0.2) is 0 Å². The third kappa shape index (κ3) is 1.74. The highest BCUT2D eigenvalue weighted by atomic mass is 15.3. The van der Waals surface area contributed by atoms with Crippen LogP contribution in [0, 0.1) is 0 Å². The molecule has 0 fully saturated rings. The summed E-state index contributed by atoms with van der Waals surface area (Å²) in [5.74, 6) is 0. The first-order chi connectivity index (χ1) is 6.90. The Kier molecular flexibility index (Phi) is 2.45. The molecule has 0 amide bonds. The first kappa shape index (κ1) is 8.75. The zero-order valence-electron chi connectivity index (χ0n) is 8.09. The van der Waals surface area contributed by atoms with Crippen molar-refractivity contribution in [3.63, 3.8) is 0 Å². The highest BCUT2D eigenvalue weighted by Gasteiger charge is 1.96. The Labute approximate surface area is 83.5 Å². The van der Waals surface area contributed by atoms with Gasteiger partial charge in [-0.3, -0.25) is 0 Å². The smallest absolute Gasteiger partial charge is 0.0645 e. The maximum absolute atomic E-state index is 4.27. The van der Waals surface area contributed by atoms with Crippen LogP contribution >= 0.6 is 0 Å². The average molecular weight is 184 g/mol. The minimum atomic E-state index is 1.09. The predicted octanol–water partition coefficient (Wildman–Crippen LogP) is 2.91. The summed E-state index contributed by atoms with van der Waals surface area (Å²) in [6.07, 6.45) is 7.90. The molecule has 1 aromatic heterocycles.